The molecule has 4 nitrogen and oxygen atoms in total. The molecule has 0 unspecified atom stereocenters. The molecule has 2 aliphatic heterocycles. The van der Waals surface area contributed by atoms with Crippen molar-refractivity contribution < 1.29 is 9.53 Å². The number of benzene rings is 1. The smallest absolute Gasteiger partial charge is 0.234 e. The number of carbonyl (C=O) groups excluding carboxylic acids is 1. The van der Waals surface area contributed by atoms with Crippen molar-refractivity contribution in [2.45, 2.75) is 44.1 Å². The molecule has 1 aromatic rings. The molecule has 0 aromatic heterocycles. The number of piperidine rings is 1. The van der Waals surface area contributed by atoms with Crippen molar-refractivity contribution in [2.75, 3.05) is 32.8 Å². The molecule has 0 aliphatic carbocycles. The lowest BCUT2D eigenvalue weighted by atomic mass is 9.76. The first-order valence-electron chi connectivity index (χ1n) is 8.81. The zero-order valence-electron chi connectivity index (χ0n) is 14.1. The third-order valence-corrected chi connectivity index (χ3v) is 5.20. The Bertz CT molecular complexity index is 513. The molecule has 1 amide bonds. The highest BCUT2D eigenvalue weighted by Gasteiger charge is 2.33. The zero-order valence-corrected chi connectivity index (χ0v) is 14.1. The summed E-state index contributed by atoms with van der Waals surface area (Å²) in [4.78, 5) is 14.6. The molecule has 0 spiro atoms. The van der Waals surface area contributed by atoms with Crippen LogP contribution in [0.4, 0.5) is 0 Å². The summed E-state index contributed by atoms with van der Waals surface area (Å²) in [7, 11) is 0. The van der Waals surface area contributed by atoms with Gasteiger partial charge in [0.2, 0.25) is 5.91 Å². The summed E-state index contributed by atoms with van der Waals surface area (Å²) in [6.07, 6.45) is 4.21. The van der Waals surface area contributed by atoms with Gasteiger partial charge in [0.15, 0.2) is 0 Å². The van der Waals surface area contributed by atoms with E-state index in [0.29, 0.717) is 12.6 Å². The normalized spacial score (nSPS) is 26.8. The van der Waals surface area contributed by atoms with Crippen LogP contribution in [0, 0.1) is 0 Å². The summed E-state index contributed by atoms with van der Waals surface area (Å²) < 4.78 is 5.35. The summed E-state index contributed by atoms with van der Waals surface area (Å²) >= 11 is 0. The predicted octanol–water partition coefficient (Wildman–Crippen LogP) is 2.34. The number of carbonyl (C=O) groups is 1. The van der Waals surface area contributed by atoms with Crippen LogP contribution < -0.4 is 5.32 Å². The number of amides is 1. The molecule has 2 saturated heterocycles. The maximum Gasteiger partial charge on any atom is 0.234 e. The van der Waals surface area contributed by atoms with Crippen molar-refractivity contribution in [1.82, 2.24) is 10.2 Å². The third-order valence-electron chi connectivity index (χ3n) is 5.20. The van der Waals surface area contributed by atoms with Crippen LogP contribution in [0.25, 0.3) is 0 Å². The minimum atomic E-state index is 0.151. The monoisotopic (exact) mass is 316 g/mol. The molecule has 1 aromatic carbocycles. The van der Waals surface area contributed by atoms with Gasteiger partial charge in [0.25, 0.3) is 0 Å². The molecule has 0 radical (unpaired) electrons. The Morgan fingerprint density at radius 1 is 1.30 bits per heavy atom. The van der Waals surface area contributed by atoms with Crippen molar-refractivity contribution in [1.29, 1.82) is 0 Å². The van der Waals surface area contributed by atoms with Crippen LogP contribution in [0.1, 0.15) is 38.2 Å². The molecule has 2 aliphatic rings. The van der Waals surface area contributed by atoms with Gasteiger partial charge in [0.1, 0.15) is 0 Å². The van der Waals surface area contributed by atoms with Gasteiger partial charge in [-0.15, -0.1) is 0 Å². The summed E-state index contributed by atoms with van der Waals surface area (Å²) in [5, 5.41) is 3.17. The molecule has 1 atom stereocenters. The summed E-state index contributed by atoms with van der Waals surface area (Å²) in [5.74, 6) is 0.161. The van der Waals surface area contributed by atoms with Crippen LogP contribution in [0.3, 0.4) is 0 Å². The lowest BCUT2D eigenvalue weighted by molar-refractivity contribution is -0.124. The number of nitrogens with one attached hydrogen (secondary N) is 1. The largest absolute Gasteiger partial charge is 0.381 e. The standard InChI is InChI=1S/C19H28N2O2/c1-19(16-6-3-2-4-7-16)10-5-11-21(15-19)14-18(22)20-17-8-12-23-13-9-17/h2-4,6-7,17H,5,8-15H2,1H3,(H,20,22)/t19-/m0/s1. The molecule has 3 rings (SSSR count). The molecule has 126 valence electrons. The maximum absolute atomic E-state index is 12.3. The molecule has 23 heavy (non-hydrogen) atoms. The number of nitrogens with zero attached hydrogens (tertiary/aromatic N) is 1. The minimum Gasteiger partial charge on any atom is -0.381 e. The number of rotatable bonds is 4. The highest BCUT2D eigenvalue weighted by Crippen LogP contribution is 2.33. The highest BCUT2D eigenvalue weighted by atomic mass is 16.5. The Kier molecular flexibility index (Phi) is 5.34. The van der Waals surface area contributed by atoms with E-state index in [1.807, 2.05) is 0 Å². The fourth-order valence-electron chi connectivity index (χ4n) is 3.87. The molecule has 4 heteroatoms. The Morgan fingerprint density at radius 2 is 2.04 bits per heavy atom. The molecule has 2 fully saturated rings. The first kappa shape index (κ1) is 16.5. The van der Waals surface area contributed by atoms with E-state index in [1.165, 1.54) is 12.0 Å². The average molecular weight is 316 g/mol. The van der Waals surface area contributed by atoms with Gasteiger partial charge in [0.05, 0.1) is 6.54 Å². The maximum atomic E-state index is 12.3. The average Bonchev–Trinajstić information content (AvgIpc) is 2.56. The Hall–Kier alpha value is -1.39. The van der Waals surface area contributed by atoms with E-state index in [-0.39, 0.29) is 11.3 Å². The molecule has 1 N–H and O–H groups in total. The summed E-state index contributed by atoms with van der Waals surface area (Å²) in [6, 6.07) is 11.0. The lowest BCUT2D eigenvalue weighted by Gasteiger charge is -2.41. The van der Waals surface area contributed by atoms with Crippen LogP contribution in [0.5, 0.6) is 0 Å². The second kappa shape index (κ2) is 7.45. The summed E-state index contributed by atoms with van der Waals surface area (Å²) in [6.45, 7) is 6.34. The van der Waals surface area contributed by atoms with Gasteiger partial charge in [-0.05, 0) is 37.8 Å². The second-order valence-electron chi connectivity index (χ2n) is 7.20. The third kappa shape index (κ3) is 4.33. The van der Waals surface area contributed by atoms with Crippen molar-refractivity contribution in [3.8, 4) is 0 Å². The van der Waals surface area contributed by atoms with E-state index in [2.05, 4.69) is 47.5 Å². The number of hydrogen-bond donors (Lipinski definition) is 1. The zero-order chi connectivity index (χ0) is 16.1. The molecular weight excluding hydrogens is 288 g/mol. The van der Waals surface area contributed by atoms with Gasteiger partial charge in [-0.3, -0.25) is 9.69 Å². The lowest BCUT2D eigenvalue weighted by Crippen LogP contribution is -2.50. The highest BCUT2D eigenvalue weighted by molar-refractivity contribution is 5.78. The summed E-state index contributed by atoms with van der Waals surface area (Å²) in [5.41, 5.74) is 1.54. The first-order valence-corrected chi connectivity index (χ1v) is 8.81. The van der Waals surface area contributed by atoms with Crippen LogP contribution in [-0.2, 0) is 14.9 Å². The van der Waals surface area contributed by atoms with Gasteiger partial charge < -0.3 is 10.1 Å². The fraction of sp³-hybridized carbons (Fsp3) is 0.632. The second-order valence-corrected chi connectivity index (χ2v) is 7.20. The van der Waals surface area contributed by atoms with Crippen molar-refractivity contribution in [3.05, 3.63) is 35.9 Å². The number of ether oxygens (including phenoxy) is 1. The topological polar surface area (TPSA) is 41.6 Å². The quantitative estimate of drug-likeness (QED) is 0.927. The van der Waals surface area contributed by atoms with Crippen LogP contribution in [0.2, 0.25) is 0 Å². The van der Waals surface area contributed by atoms with Gasteiger partial charge in [0, 0.05) is 31.2 Å². The van der Waals surface area contributed by atoms with Crippen molar-refractivity contribution in [2.24, 2.45) is 0 Å². The van der Waals surface area contributed by atoms with E-state index in [9.17, 15) is 4.79 Å². The SMILES string of the molecule is C[C@]1(c2ccccc2)CCCN(CC(=O)NC2CCOCC2)C1. The molecular formula is C19H28N2O2. The Balaban J connectivity index is 1.55. The van der Waals surface area contributed by atoms with Crippen molar-refractivity contribution >= 4 is 5.91 Å². The van der Waals surface area contributed by atoms with E-state index in [4.69, 9.17) is 4.74 Å². The molecule has 2 heterocycles. The van der Waals surface area contributed by atoms with Crippen LogP contribution in [-0.4, -0.2) is 49.7 Å². The minimum absolute atomic E-state index is 0.151. The first-order chi connectivity index (χ1) is 11.2. The van der Waals surface area contributed by atoms with E-state index in [0.717, 1.165) is 45.6 Å². The Morgan fingerprint density at radius 3 is 2.78 bits per heavy atom. The fourth-order valence-corrected chi connectivity index (χ4v) is 3.87. The van der Waals surface area contributed by atoms with E-state index >= 15 is 0 Å². The van der Waals surface area contributed by atoms with Gasteiger partial charge in [-0.25, -0.2) is 0 Å². The van der Waals surface area contributed by atoms with E-state index < -0.39 is 0 Å². The molecule has 0 saturated carbocycles. The van der Waals surface area contributed by atoms with Gasteiger partial charge in [-0.1, -0.05) is 37.3 Å². The predicted molar refractivity (Wildman–Crippen MR) is 91.5 cm³/mol. The Labute approximate surface area is 139 Å². The van der Waals surface area contributed by atoms with Crippen LogP contribution >= 0.6 is 0 Å². The van der Waals surface area contributed by atoms with Gasteiger partial charge in [-0.2, -0.15) is 0 Å². The van der Waals surface area contributed by atoms with E-state index in [1.54, 1.807) is 0 Å². The van der Waals surface area contributed by atoms with Gasteiger partial charge >= 0.3 is 0 Å². The number of likely N-dealkylation sites (tertiary alicyclic amines) is 1. The molecule has 0 bridgehead atoms. The van der Waals surface area contributed by atoms with Crippen molar-refractivity contribution in [3.63, 3.8) is 0 Å². The number of hydrogen-bond acceptors (Lipinski definition) is 3. The van der Waals surface area contributed by atoms with Crippen LogP contribution in [0.15, 0.2) is 30.3 Å².